The van der Waals surface area contributed by atoms with Crippen LogP contribution in [-0.2, 0) is 23.9 Å². The van der Waals surface area contributed by atoms with Gasteiger partial charge >= 0.3 is 6.18 Å². The molecule has 1 fully saturated rings. The SMILES string of the molecule is CCc1nc(CN[C@H]2CCOC2)ccc1C(F)(F)F. The highest BCUT2D eigenvalue weighted by Gasteiger charge is 2.33. The predicted octanol–water partition coefficient (Wildman–Crippen LogP) is 2.54. The third-order valence-electron chi connectivity index (χ3n) is 3.17. The molecule has 1 aromatic heterocycles. The quantitative estimate of drug-likeness (QED) is 0.916. The molecule has 0 saturated carbocycles. The summed E-state index contributed by atoms with van der Waals surface area (Å²) < 4.78 is 43.4. The molecule has 1 N–H and O–H groups in total. The van der Waals surface area contributed by atoms with E-state index in [-0.39, 0.29) is 18.2 Å². The number of nitrogens with one attached hydrogen (secondary N) is 1. The van der Waals surface area contributed by atoms with Crippen LogP contribution in [0.25, 0.3) is 0 Å². The minimum atomic E-state index is -4.33. The number of rotatable bonds is 4. The van der Waals surface area contributed by atoms with E-state index < -0.39 is 11.7 Å². The van der Waals surface area contributed by atoms with E-state index in [0.717, 1.165) is 19.1 Å². The largest absolute Gasteiger partial charge is 0.418 e. The Kier molecular flexibility index (Phi) is 4.42. The van der Waals surface area contributed by atoms with Gasteiger partial charge in [0.1, 0.15) is 0 Å². The van der Waals surface area contributed by atoms with E-state index in [1.54, 1.807) is 6.92 Å². The Morgan fingerprint density at radius 1 is 1.42 bits per heavy atom. The normalized spacial score (nSPS) is 19.9. The Bertz CT molecular complexity index is 428. The fourth-order valence-corrected chi connectivity index (χ4v) is 2.12. The van der Waals surface area contributed by atoms with E-state index >= 15 is 0 Å². The van der Waals surface area contributed by atoms with E-state index in [1.165, 1.54) is 6.07 Å². The van der Waals surface area contributed by atoms with Crippen molar-refractivity contribution >= 4 is 0 Å². The molecule has 3 nitrogen and oxygen atoms in total. The fourth-order valence-electron chi connectivity index (χ4n) is 2.12. The van der Waals surface area contributed by atoms with Gasteiger partial charge in [0, 0.05) is 19.2 Å². The van der Waals surface area contributed by atoms with Crippen LogP contribution in [0, 0.1) is 0 Å². The Morgan fingerprint density at radius 2 is 2.21 bits per heavy atom. The summed E-state index contributed by atoms with van der Waals surface area (Å²) in [5, 5.41) is 3.24. The summed E-state index contributed by atoms with van der Waals surface area (Å²) in [6.07, 6.45) is -3.12. The van der Waals surface area contributed by atoms with Crippen LogP contribution in [0.5, 0.6) is 0 Å². The molecule has 0 unspecified atom stereocenters. The van der Waals surface area contributed by atoms with Gasteiger partial charge in [-0.15, -0.1) is 0 Å². The Balaban J connectivity index is 2.06. The molecule has 1 aliphatic heterocycles. The number of alkyl halides is 3. The summed E-state index contributed by atoms with van der Waals surface area (Å²) >= 11 is 0. The van der Waals surface area contributed by atoms with Crippen molar-refractivity contribution in [3.05, 3.63) is 29.1 Å². The topological polar surface area (TPSA) is 34.2 Å². The smallest absolute Gasteiger partial charge is 0.380 e. The van der Waals surface area contributed by atoms with Gasteiger partial charge in [-0.25, -0.2) is 0 Å². The number of hydrogen-bond acceptors (Lipinski definition) is 3. The van der Waals surface area contributed by atoms with Crippen molar-refractivity contribution in [1.29, 1.82) is 0 Å². The van der Waals surface area contributed by atoms with E-state index in [2.05, 4.69) is 10.3 Å². The van der Waals surface area contributed by atoms with Crippen molar-refractivity contribution < 1.29 is 17.9 Å². The molecule has 2 heterocycles. The highest BCUT2D eigenvalue weighted by atomic mass is 19.4. The molecular weight excluding hydrogens is 257 g/mol. The first-order valence-electron chi connectivity index (χ1n) is 6.38. The average molecular weight is 274 g/mol. The second-order valence-electron chi connectivity index (χ2n) is 4.59. The fraction of sp³-hybridized carbons (Fsp3) is 0.615. The van der Waals surface area contributed by atoms with Crippen molar-refractivity contribution in [2.75, 3.05) is 13.2 Å². The lowest BCUT2D eigenvalue weighted by Gasteiger charge is -2.14. The number of ether oxygens (including phenoxy) is 1. The van der Waals surface area contributed by atoms with Crippen molar-refractivity contribution in [3.63, 3.8) is 0 Å². The second-order valence-corrected chi connectivity index (χ2v) is 4.59. The van der Waals surface area contributed by atoms with Gasteiger partial charge in [0.2, 0.25) is 0 Å². The van der Waals surface area contributed by atoms with Gasteiger partial charge in [0.05, 0.1) is 23.6 Å². The number of pyridine rings is 1. The molecule has 0 amide bonds. The maximum absolute atomic E-state index is 12.7. The van der Waals surface area contributed by atoms with Gasteiger partial charge in [-0.1, -0.05) is 6.92 Å². The van der Waals surface area contributed by atoms with Crippen molar-refractivity contribution in [2.24, 2.45) is 0 Å². The molecule has 106 valence electrons. The zero-order valence-electron chi connectivity index (χ0n) is 10.8. The lowest BCUT2D eigenvalue weighted by Crippen LogP contribution is -2.29. The maximum atomic E-state index is 12.7. The van der Waals surface area contributed by atoms with E-state index in [4.69, 9.17) is 4.74 Å². The summed E-state index contributed by atoms with van der Waals surface area (Å²) in [5.41, 5.74) is 0.106. The molecule has 1 saturated heterocycles. The van der Waals surface area contributed by atoms with Crippen molar-refractivity contribution in [2.45, 2.75) is 38.5 Å². The average Bonchev–Trinajstić information content (AvgIpc) is 2.88. The van der Waals surface area contributed by atoms with Gasteiger partial charge in [0.25, 0.3) is 0 Å². The van der Waals surface area contributed by atoms with Gasteiger partial charge in [-0.05, 0) is 25.0 Å². The highest BCUT2D eigenvalue weighted by molar-refractivity contribution is 5.26. The number of nitrogens with zero attached hydrogens (tertiary/aromatic N) is 1. The Hall–Kier alpha value is -1.14. The van der Waals surface area contributed by atoms with Gasteiger partial charge in [-0.3, -0.25) is 4.98 Å². The third kappa shape index (κ3) is 3.67. The molecule has 1 aromatic rings. The van der Waals surface area contributed by atoms with Gasteiger partial charge in [-0.2, -0.15) is 13.2 Å². The molecule has 1 aliphatic rings. The number of aryl methyl sites for hydroxylation is 1. The van der Waals surface area contributed by atoms with E-state index in [1.807, 2.05) is 0 Å². The first-order valence-corrected chi connectivity index (χ1v) is 6.38. The van der Waals surface area contributed by atoms with E-state index in [9.17, 15) is 13.2 Å². The molecule has 0 bridgehead atoms. The first-order chi connectivity index (χ1) is 9.00. The minimum Gasteiger partial charge on any atom is -0.380 e. The van der Waals surface area contributed by atoms with Crippen LogP contribution in [0.15, 0.2) is 12.1 Å². The summed E-state index contributed by atoms with van der Waals surface area (Å²) in [4.78, 5) is 4.10. The molecule has 0 spiro atoms. The van der Waals surface area contributed by atoms with Crippen molar-refractivity contribution in [1.82, 2.24) is 10.3 Å². The molecule has 0 aliphatic carbocycles. The molecule has 0 radical (unpaired) electrons. The summed E-state index contributed by atoms with van der Waals surface area (Å²) in [7, 11) is 0. The molecule has 2 rings (SSSR count). The van der Waals surface area contributed by atoms with Crippen LogP contribution < -0.4 is 5.32 Å². The molecule has 1 atom stereocenters. The van der Waals surface area contributed by atoms with Crippen molar-refractivity contribution in [3.8, 4) is 0 Å². The van der Waals surface area contributed by atoms with Crippen LogP contribution in [0.1, 0.15) is 30.3 Å². The molecule has 6 heteroatoms. The molecule has 0 aromatic carbocycles. The third-order valence-corrected chi connectivity index (χ3v) is 3.17. The van der Waals surface area contributed by atoms with E-state index in [0.29, 0.717) is 18.8 Å². The first kappa shape index (κ1) is 14.3. The lowest BCUT2D eigenvalue weighted by molar-refractivity contribution is -0.138. The predicted molar refractivity (Wildman–Crippen MR) is 64.7 cm³/mol. The second kappa shape index (κ2) is 5.88. The summed E-state index contributed by atoms with van der Waals surface area (Å²) in [6, 6.07) is 2.83. The maximum Gasteiger partial charge on any atom is 0.418 e. The highest BCUT2D eigenvalue weighted by Crippen LogP contribution is 2.31. The van der Waals surface area contributed by atoms with Crippen LogP contribution in [0.3, 0.4) is 0 Å². The number of aromatic nitrogens is 1. The number of hydrogen-bond donors (Lipinski definition) is 1. The van der Waals surface area contributed by atoms with Crippen LogP contribution in [-0.4, -0.2) is 24.2 Å². The molecule has 19 heavy (non-hydrogen) atoms. The Labute approximate surface area is 110 Å². The Morgan fingerprint density at radius 3 is 2.79 bits per heavy atom. The zero-order valence-corrected chi connectivity index (χ0v) is 10.8. The molecular formula is C13H17F3N2O. The van der Waals surface area contributed by atoms with Crippen LogP contribution in [0.4, 0.5) is 13.2 Å². The zero-order chi connectivity index (χ0) is 13.9. The standard InChI is InChI=1S/C13H17F3N2O/c1-2-12-11(13(14,15)16)4-3-9(18-12)7-17-10-5-6-19-8-10/h3-4,10,17H,2,5-8H2,1H3/t10-/m0/s1. The summed E-state index contributed by atoms with van der Waals surface area (Å²) in [6.45, 7) is 3.54. The van der Waals surface area contributed by atoms with Crippen LogP contribution in [0.2, 0.25) is 0 Å². The summed E-state index contributed by atoms with van der Waals surface area (Å²) in [5.74, 6) is 0. The minimum absolute atomic E-state index is 0.106. The van der Waals surface area contributed by atoms with Gasteiger partial charge < -0.3 is 10.1 Å². The van der Waals surface area contributed by atoms with Crippen LogP contribution >= 0.6 is 0 Å². The lowest BCUT2D eigenvalue weighted by atomic mass is 10.1. The number of halogens is 3. The monoisotopic (exact) mass is 274 g/mol. The van der Waals surface area contributed by atoms with Gasteiger partial charge in [0.15, 0.2) is 0 Å².